The Morgan fingerprint density at radius 2 is 1.81 bits per heavy atom. The van der Waals surface area contributed by atoms with Crippen molar-refractivity contribution in [3.8, 4) is 5.69 Å². The summed E-state index contributed by atoms with van der Waals surface area (Å²) in [6, 6.07) is 10.3. The zero-order valence-electron chi connectivity index (χ0n) is 15.3. The highest BCUT2D eigenvalue weighted by Gasteiger charge is 2.43. The zero-order chi connectivity index (χ0) is 18.1. The van der Waals surface area contributed by atoms with Gasteiger partial charge in [0.15, 0.2) is 0 Å². The molecule has 138 valence electrons. The molecule has 0 unspecified atom stereocenters. The van der Waals surface area contributed by atoms with Crippen molar-refractivity contribution >= 4 is 0 Å². The predicted molar refractivity (Wildman–Crippen MR) is 101 cm³/mol. The lowest BCUT2D eigenvalue weighted by molar-refractivity contribution is -0.102. The molecule has 2 aliphatic rings. The molecule has 1 spiro atoms. The fourth-order valence-electron chi connectivity index (χ4n) is 4.24. The Labute approximate surface area is 158 Å². The Hall–Kier alpha value is -2.57. The zero-order valence-corrected chi connectivity index (χ0v) is 15.3. The minimum atomic E-state index is -0.239. The third-order valence-electron chi connectivity index (χ3n) is 5.68. The second-order valence-electron chi connectivity index (χ2n) is 7.40. The number of fused-ring (bicyclic) bond motifs is 2. The summed E-state index contributed by atoms with van der Waals surface area (Å²) in [5.74, 6) is 0. The quantitative estimate of drug-likeness (QED) is 0.718. The van der Waals surface area contributed by atoms with Gasteiger partial charge in [-0.15, -0.1) is 0 Å². The standard InChI is InChI=1S/C21H23N5O/c1-2-4-19(5-3-1)26-15-18-6-11-27-21(20(18)24-26)7-9-25(10-8-21)14-17-12-22-16-23-13-17/h1-5,12-13,15-16H,6-11,14H2. The number of rotatable bonds is 3. The number of hydrogen-bond donors (Lipinski definition) is 0. The molecule has 1 fully saturated rings. The molecule has 1 saturated heterocycles. The lowest BCUT2D eigenvalue weighted by Crippen LogP contribution is -2.46. The molecule has 0 saturated carbocycles. The maximum absolute atomic E-state index is 6.35. The molecule has 0 bridgehead atoms. The smallest absolute Gasteiger partial charge is 0.115 e. The normalized spacial score (nSPS) is 19.1. The van der Waals surface area contributed by atoms with E-state index >= 15 is 0 Å². The molecule has 5 rings (SSSR count). The number of benzene rings is 1. The molecular formula is C21H23N5O. The number of nitrogens with zero attached hydrogens (tertiary/aromatic N) is 5. The van der Waals surface area contributed by atoms with Crippen LogP contribution in [0.4, 0.5) is 0 Å². The van der Waals surface area contributed by atoms with E-state index in [4.69, 9.17) is 9.84 Å². The average molecular weight is 361 g/mol. The fourth-order valence-corrected chi connectivity index (χ4v) is 4.24. The Bertz CT molecular complexity index is 901. The molecule has 0 amide bonds. The van der Waals surface area contributed by atoms with Gasteiger partial charge in [-0.25, -0.2) is 14.6 Å². The van der Waals surface area contributed by atoms with Crippen molar-refractivity contribution < 1.29 is 4.74 Å². The number of ether oxygens (including phenoxy) is 1. The Kier molecular flexibility index (Phi) is 4.22. The molecule has 1 aromatic carbocycles. The minimum absolute atomic E-state index is 0.239. The van der Waals surface area contributed by atoms with Gasteiger partial charge in [-0.2, -0.15) is 5.10 Å². The van der Waals surface area contributed by atoms with Crippen molar-refractivity contribution in [1.29, 1.82) is 0 Å². The summed E-state index contributed by atoms with van der Waals surface area (Å²) >= 11 is 0. The van der Waals surface area contributed by atoms with Crippen LogP contribution in [-0.4, -0.2) is 44.3 Å². The van der Waals surface area contributed by atoms with Crippen molar-refractivity contribution in [2.45, 2.75) is 31.4 Å². The van der Waals surface area contributed by atoms with Crippen molar-refractivity contribution in [1.82, 2.24) is 24.6 Å². The summed E-state index contributed by atoms with van der Waals surface area (Å²) in [4.78, 5) is 10.7. The van der Waals surface area contributed by atoms with Gasteiger partial charge in [-0.3, -0.25) is 4.90 Å². The predicted octanol–water partition coefficient (Wildman–Crippen LogP) is 2.73. The van der Waals surface area contributed by atoms with Gasteiger partial charge >= 0.3 is 0 Å². The first-order valence-electron chi connectivity index (χ1n) is 9.57. The van der Waals surface area contributed by atoms with Crippen molar-refractivity contribution in [3.63, 3.8) is 0 Å². The van der Waals surface area contributed by atoms with E-state index < -0.39 is 0 Å². The third-order valence-corrected chi connectivity index (χ3v) is 5.68. The first-order valence-corrected chi connectivity index (χ1v) is 9.57. The Morgan fingerprint density at radius 1 is 1.04 bits per heavy atom. The van der Waals surface area contributed by atoms with Crippen LogP contribution in [0.3, 0.4) is 0 Å². The highest BCUT2D eigenvalue weighted by Crippen LogP contribution is 2.41. The molecule has 0 aliphatic carbocycles. The van der Waals surface area contributed by atoms with Crippen LogP contribution in [0.25, 0.3) is 5.69 Å². The molecule has 0 N–H and O–H groups in total. The van der Waals surface area contributed by atoms with Crippen LogP contribution < -0.4 is 0 Å². The SMILES string of the molecule is c1ccc(-n2cc3c(n2)C2(CCN(Cc4cncnc4)CC2)OCC3)cc1. The number of piperidine rings is 1. The highest BCUT2D eigenvalue weighted by atomic mass is 16.5. The van der Waals surface area contributed by atoms with E-state index in [0.29, 0.717) is 0 Å². The number of para-hydroxylation sites is 1. The lowest BCUT2D eigenvalue weighted by atomic mass is 9.83. The van der Waals surface area contributed by atoms with Gasteiger partial charge in [0.25, 0.3) is 0 Å². The number of likely N-dealkylation sites (tertiary alicyclic amines) is 1. The molecule has 2 aliphatic heterocycles. The van der Waals surface area contributed by atoms with E-state index in [-0.39, 0.29) is 5.60 Å². The van der Waals surface area contributed by atoms with Crippen LogP contribution in [0.5, 0.6) is 0 Å². The Morgan fingerprint density at radius 3 is 2.59 bits per heavy atom. The van der Waals surface area contributed by atoms with Crippen LogP contribution in [0.15, 0.2) is 55.2 Å². The molecule has 3 aromatic rings. The van der Waals surface area contributed by atoms with Crippen molar-refractivity contribution in [2.75, 3.05) is 19.7 Å². The van der Waals surface area contributed by atoms with Gasteiger partial charge in [0, 0.05) is 43.8 Å². The maximum atomic E-state index is 6.35. The third kappa shape index (κ3) is 3.15. The molecule has 2 aromatic heterocycles. The summed E-state index contributed by atoms with van der Waals surface area (Å²) in [5.41, 5.74) is 4.49. The highest BCUT2D eigenvalue weighted by molar-refractivity contribution is 5.35. The molecule has 0 atom stereocenters. The molecule has 27 heavy (non-hydrogen) atoms. The summed E-state index contributed by atoms with van der Waals surface area (Å²) in [6.07, 6.45) is 10.4. The summed E-state index contributed by atoms with van der Waals surface area (Å²) in [6.45, 7) is 3.65. The summed E-state index contributed by atoms with van der Waals surface area (Å²) < 4.78 is 8.36. The van der Waals surface area contributed by atoms with Crippen LogP contribution in [-0.2, 0) is 23.3 Å². The van der Waals surface area contributed by atoms with E-state index in [9.17, 15) is 0 Å². The van der Waals surface area contributed by atoms with Crippen LogP contribution in [0.1, 0.15) is 29.7 Å². The Balaban J connectivity index is 1.36. The lowest BCUT2D eigenvalue weighted by Gasteiger charge is -2.43. The van der Waals surface area contributed by atoms with Gasteiger partial charge in [0.05, 0.1) is 18.0 Å². The van der Waals surface area contributed by atoms with Crippen molar-refractivity contribution in [2.24, 2.45) is 0 Å². The van der Waals surface area contributed by atoms with Gasteiger partial charge in [0.2, 0.25) is 0 Å². The molecule has 6 heteroatoms. The minimum Gasteiger partial charge on any atom is -0.368 e. The number of aromatic nitrogens is 4. The first kappa shape index (κ1) is 16.6. The van der Waals surface area contributed by atoms with Crippen LogP contribution in [0, 0.1) is 0 Å². The van der Waals surface area contributed by atoms with E-state index in [0.717, 1.165) is 62.4 Å². The average Bonchev–Trinajstić information content (AvgIpc) is 3.18. The van der Waals surface area contributed by atoms with Crippen LogP contribution >= 0.6 is 0 Å². The largest absolute Gasteiger partial charge is 0.368 e. The van der Waals surface area contributed by atoms with Gasteiger partial charge in [0.1, 0.15) is 11.9 Å². The second-order valence-corrected chi connectivity index (χ2v) is 7.40. The van der Waals surface area contributed by atoms with Gasteiger partial charge in [-0.05, 0) is 37.0 Å². The summed E-state index contributed by atoms with van der Waals surface area (Å²) in [7, 11) is 0. The van der Waals surface area contributed by atoms with Gasteiger partial charge < -0.3 is 4.74 Å². The van der Waals surface area contributed by atoms with Crippen molar-refractivity contribution in [3.05, 3.63) is 72.1 Å². The molecule has 6 nitrogen and oxygen atoms in total. The first-order chi connectivity index (χ1) is 13.3. The van der Waals surface area contributed by atoms with E-state index in [2.05, 4.69) is 33.2 Å². The molecule has 4 heterocycles. The van der Waals surface area contributed by atoms with E-state index in [1.807, 2.05) is 35.3 Å². The van der Waals surface area contributed by atoms with Crippen LogP contribution in [0.2, 0.25) is 0 Å². The monoisotopic (exact) mass is 361 g/mol. The fraction of sp³-hybridized carbons (Fsp3) is 0.381. The van der Waals surface area contributed by atoms with Gasteiger partial charge in [-0.1, -0.05) is 18.2 Å². The summed E-state index contributed by atoms with van der Waals surface area (Å²) in [5, 5.41) is 4.96. The van der Waals surface area contributed by atoms with E-state index in [1.165, 1.54) is 5.56 Å². The maximum Gasteiger partial charge on any atom is 0.115 e. The topological polar surface area (TPSA) is 56.1 Å². The number of hydrogen-bond acceptors (Lipinski definition) is 5. The molecule has 0 radical (unpaired) electrons. The van der Waals surface area contributed by atoms with E-state index in [1.54, 1.807) is 6.33 Å². The molecular weight excluding hydrogens is 338 g/mol. The second kappa shape index (κ2) is 6.87.